The predicted molar refractivity (Wildman–Crippen MR) is 59.1 cm³/mol. The summed E-state index contributed by atoms with van der Waals surface area (Å²) in [6.45, 7) is 6.40. The number of aromatic nitrogens is 2. The van der Waals surface area contributed by atoms with Gasteiger partial charge in [-0.2, -0.15) is 5.10 Å². The van der Waals surface area contributed by atoms with Crippen molar-refractivity contribution in [3.8, 4) is 0 Å². The Morgan fingerprint density at radius 1 is 1.57 bits per heavy atom. The quantitative estimate of drug-likeness (QED) is 0.752. The first-order valence-electron chi connectivity index (χ1n) is 5.43. The van der Waals surface area contributed by atoms with Crippen molar-refractivity contribution in [1.29, 1.82) is 0 Å². The molecule has 0 saturated carbocycles. The van der Waals surface area contributed by atoms with Crippen LogP contribution in [0.2, 0.25) is 0 Å². The molecular formula is C11H21N3. The molecule has 0 aliphatic rings. The molecular weight excluding hydrogens is 174 g/mol. The van der Waals surface area contributed by atoms with Crippen LogP contribution in [0.25, 0.3) is 0 Å². The average Bonchev–Trinajstić information content (AvgIpc) is 2.53. The molecule has 0 radical (unpaired) electrons. The lowest BCUT2D eigenvalue weighted by Gasteiger charge is -2.09. The second kappa shape index (κ2) is 5.81. The van der Waals surface area contributed by atoms with Gasteiger partial charge in [-0.15, -0.1) is 0 Å². The highest BCUT2D eigenvalue weighted by Crippen LogP contribution is 2.08. The van der Waals surface area contributed by atoms with Gasteiger partial charge in [0.1, 0.15) is 0 Å². The number of rotatable bonds is 6. The molecule has 0 aliphatic heterocycles. The standard InChI is InChI=1S/C11H21N3/c1-4-5-10(2)9-14-7-6-11(13-14)8-12-3/h6-7,10,12H,4-5,8-9H2,1-3H3. The average molecular weight is 195 g/mol. The van der Waals surface area contributed by atoms with Crippen molar-refractivity contribution >= 4 is 0 Å². The second-order valence-electron chi connectivity index (χ2n) is 3.95. The zero-order valence-electron chi connectivity index (χ0n) is 9.45. The van der Waals surface area contributed by atoms with E-state index in [1.807, 2.05) is 11.7 Å². The van der Waals surface area contributed by atoms with Crippen molar-refractivity contribution in [3.63, 3.8) is 0 Å². The van der Waals surface area contributed by atoms with Gasteiger partial charge >= 0.3 is 0 Å². The molecule has 1 heterocycles. The summed E-state index contributed by atoms with van der Waals surface area (Å²) >= 11 is 0. The smallest absolute Gasteiger partial charge is 0.0762 e. The van der Waals surface area contributed by atoms with Gasteiger partial charge in [0.2, 0.25) is 0 Å². The topological polar surface area (TPSA) is 29.9 Å². The lowest BCUT2D eigenvalue weighted by atomic mass is 10.1. The van der Waals surface area contributed by atoms with Crippen molar-refractivity contribution in [3.05, 3.63) is 18.0 Å². The Labute approximate surface area is 86.5 Å². The van der Waals surface area contributed by atoms with Crippen LogP contribution in [0.3, 0.4) is 0 Å². The SMILES string of the molecule is CCCC(C)Cn1ccc(CNC)n1. The monoisotopic (exact) mass is 195 g/mol. The molecule has 3 heteroatoms. The van der Waals surface area contributed by atoms with E-state index in [0.29, 0.717) is 0 Å². The number of hydrogen-bond donors (Lipinski definition) is 1. The minimum atomic E-state index is 0.724. The van der Waals surface area contributed by atoms with Crippen LogP contribution >= 0.6 is 0 Å². The molecule has 0 saturated heterocycles. The van der Waals surface area contributed by atoms with Gasteiger partial charge in [-0.05, 0) is 25.5 Å². The van der Waals surface area contributed by atoms with E-state index in [-0.39, 0.29) is 0 Å². The van der Waals surface area contributed by atoms with Crippen LogP contribution in [0.5, 0.6) is 0 Å². The second-order valence-corrected chi connectivity index (χ2v) is 3.95. The Balaban J connectivity index is 2.42. The first kappa shape index (κ1) is 11.2. The molecule has 0 aromatic carbocycles. The fraction of sp³-hybridized carbons (Fsp3) is 0.727. The van der Waals surface area contributed by atoms with Crippen LogP contribution in [0, 0.1) is 5.92 Å². The van der Waals surface area contributed by atoms with E-state index in [9.17, 15) is 0 Å². The van der Waals surface area contributed by atoms with Crippen LogP contribution in [-0.2, 0) is 13.1 Å². The van der Waals surface area contributed by atoms with Crippen molar-refractivity contribution < 1.29 is 0 Å². The minimum absolute atomic E-state index is 0.724. The molecule has 0 spiro atoms. The van der Waals surface area contributed by atoms with Gasteiger partial charge in [0, 0.05) is 19.3 Å². The first-order chi connectivity index (χ1) is 6.76. The number of nitrogens with one attached hydrogen (secondary N) is 1. The summed E-state index contributed by atoms with van der Waals surface area (Å²) in [5.74, 6) is 0.724. The fourth-order valence-electron chi connectivity index (χ4n) is 1.68. The number of hydrogen-bond acceptors (Lipinski definition) is 2. The van der Waals surface area contributed by atoms with Crippen LogP contribution < -0.4 is 5.32 Å². The Bertz CT molecular complexity index is 255. The van der Waals surface area contributed by atoms with Gasteiger partial charge in [-0.1, -0.05) is 20.3 Å². The molecule has 0 amide bonds. The maximum Gasteiger partial charge on any atom is 0.0762 e. The summed E-state index contributed by atoms with van der Waals surface area (Å²) < 4.78 is 2.05. The first-order valence-corrected chi connectivity index (χ1v) is 5.43. The van der Waals surface area contributed by atoms with Gasteiger partial charge in [0.05, 0.1) is 5.69 Å². The number of nitrogens with zero attached hydrogens (tertiary/aromatic N) is 2. The van der Waals surface area contributed by atoms with Gasteiger partial charge in [-0.25, -0.2) is 0 Å². The highest BCUT2D eigenvalue weighted by Gasteiger charge is 2.03. The summed E-state index contributed by atoms with van der Waals surface area (Å²) in [6.07, 6.45) is 4.60. The highest BCUT2D eigenvalue weighted by molar-refractivity contribution is 4.98. The summed E-state index contributed by atoms with van der Waals surface area (Å²) in [6, 6.07) is 2.08. The Morgan fingerprint density at radius 2 is 2.36 bits per heavy atom. The van der Waals surface area contributed by atoms with E-state index in [4.69, 9.17) is 0 Å². The third-order valence-corrected chi connectivity index (χ3v) is 2.33. The summed E-state index contributed by atoms with van der Waals surface area (Å²) in [4.78, 5) is 0. The van der Waals surface area contributed by atoms with E-state index in [1.165, 1.54) is 12.8 Å². The van der Waals surface area contributed by atoms with Crippen LogP contribution in [0.4, 0.5) is 0 Å². The van der Waals surface area contributed by atoms with Crippen molar-refractivity contribution in [1.82, 2.24) is 15.1 Å². The third kappa shape index (κ3) is 3.50. The normalized spacial score (nSPS) is 13.1. The lowest BCUT2D eigenvalue weighted by molar-refractivity contribution is 0.418. The predicted octanol–water partition coefficient (Wildman–Crippen LogP) is 2.04. The molecule has 1 aromatic rings. The zero-order chi connectivity index (χ0) is 10.4. The van der Waals surface area contributed by atoms with Crippen LogP contribution in [0.1, 0.15) is 32.4 Å². The van der Waals surface area contributed by atoms with Crippen LogP contribution in [0.15, 0.2) is 12.3 Å². The lowest BCUT2D eigenvalue weighted by Crippen LogP contribution is -2.10. The molecule has 1 unspecified atom stereocenters. The zero-order valence-corrected chi connectivity index (χ0v) is 9.45. The molecule has 3 nitrogen and oxygen atoms in total. The largest absolute Gasteiger partial charge is 0.314 e. The molecule has 14 heavy (non-hydrogen) atoms. The van der Waals surface area contributed by atoms with Crippen molar-refractivity contribution in [2.24, 2.45) is 5.92 Å². The molecule has 1 rings (SSSR count). The van der Waals surface area contributed by atoms with Crippen LogP contribution in [-0.4, -0.2) is 16.8 Å². The summed E-state index contributed by atoms with van der Waals surface area (Å²) in [5, 5.41) is 7.58. The molecule has 80 valence electrons. The molecule has 0 bridgehead atoms. The maximum atomic E-state index is 4.48. The molecule has 1 aromatic heterocycles. The fourth-order valence-corrected chi connectivity index (χ4v) is 1.68. The van der Waals surface area contributed by atoms with E-state index in [0.717, 1.165) is 24.7 Å². The summed E-state index contributed by atoms with van der Waals surface area (Å²) in [5.41, 5.74) is 1.12. The summed E-state index contributed by atoms with van der Waals surface area (Å²) in [7, 11) is 1.94. The van der Waals surface area contributed by atoms with E-state index < -0.39 is 0 Å². The highest BCUT2D eigenvalue weighted by atomic mass is 15.3. The van der Waals surface area contributed by atoms with Gasteiger partial charge in [0.25, 0.3) is 0 Å². The third-order valence-electron chi connectivity index (χ3n) is 2.33. The Kier molecular flexibility index (Phi) is 4.66. The minimum Gasteiger partial charge on any atom is -0.314 e. The van der Waals surface area contributed by atoms with E-state index in [1.54, 1.807) is 0 Å². The molecule has 1 N–H and O–H groups in total. The van der Waals surface area contributed by atoms with Gasteiger partial charge in [0.15, 0.2) is 0 Å². The Morgan fingerprint density at radius 3 is 3.00 bits per heavy atom. The van der Waals surface area contributed by atoms with E-state index >= 15 is 0 Å². The van der Waals surface area contributed by atoms with Gasteiger partial charge in [-0.3, -0.25) is 4.68 Å². The molecule has 1 atom stereocenters. The van der Waals surface area contributed by atoms with Gasteiger partial charge < -0.3 is 5.32 Å². The van der Waals surface area contributed by atoms with E-state index in [2.05, 4.69) is 36.5 Å². The maximum absolute atomic E-state index is 4.48. The molecule has 0 aliphatic carbocycles. The van der Waals surface area contributed by atoms with Crippen molar-refractivity contribution in [2.75, 3.05) is 7.05 Å². The van der Waals surface area contributed by atoms with Crippen molar-refractivity contribution in [2.45, 2.75) is 39.8 Å². The Hall–Kier alpha value is -0.830. The molecule has 0 fully saturated rings.